The SMILES string of the molecule is O=C(O)CNC(=O)CNC(=O)NCc1ccccn1. The lowest BCUT2D eigenvalue weighted by molar-refractivity contribution is -0.137. The predicted octanol–water partition coefficient (Wildman–Crippen LogP) is -0.918. The summed E-state index contributed by atoms with van der Waals surface area (Å²) in [5, 5.41) is 15.3. The van der Waals surface area contributed by atoms with E-state index in [4.69, 9.17) is 5.11 Å². The summed E-state index contributed by atoms with van der Waals surface area (Å²) in [6, 6.07) is 4.77. The zero-order valence-electron chi connectivity index (χ0n) is 10.0. The van der Waals surface area contributed by atoms with Crippen molar-refractivity contribution >= 4 is 17.9 Å². The summed E-state index contributed by atoms with van der Waals surface area (Å²) in [4.78, 5) is 36.6. The number of rotatable bonds is 6. The van der Waals surface area contributed by atoms with Crippen molar-refractivity contribution in [3.8, 4) is 0 Å². The Hall–Kier alpha value is -2.64. The molecule has 4 N–H and O–H groups in total. The molecular weight excluding hydrogens is 252 g/mol. The molecular formula is C11H14N4O4. The van der Waals surface area contributed by atoms with E-state index in [1.807, 2.05) is 0 Å². The van der Waals surface area contributed by atoms with Crippen LogP contribution in [0.5, 0.6) is 0 Å². The van der Waals surface area contributed by atoms with Crippen LogP contribution in [-0.2, 0) is 16.1 Å². The topological polar surface area (TPSA) is 120 Å². The Morgan fingerprint density at radius 3 is 2.53 bits per heavy atom. The van der Waals surface area contributed by atoms with Crippen molar-refractivity contribution in [1.29, 1.82) is 0 Å². The molecule has 1 aromatic heterocycles. The van der Waals surface area contributed by atoms with Crippen LogP contribution in [0.25, 0.3) is 0 Å². The van der Waals surface area contributed by atoms with Crippen LogP contribution in [0.1, 0.15) is 5.69 Å². The van der Waals surface area contributed by atoms with Gasteiger partial charge in [0.2, 0.25) is 5.91 Å². The normalized spacial score (nSPS) is 9.47. The summed E-state index contributed by atoms with van der Waals surface area (Å²) in [7, 11) is 0. The van der Waals surface area contributed by atoms with Gasteiger partial charge in [0.25, 0.3) is 0 Å². The molecule has 8 nitrogen and oxygen atoms in total. The first-order valence-corrected chi connectivity index (χ1v) is 5.48. The highest BCUT2D eigenvalue weighted by molar-refractivity contribution is 5.86. The summed E-state index contributed by atoms with van der Waals surface area (Å²) in [5.74, 6) is -1.72. The van der Waals surface area contributed by atoms with Crippen LogP contribution in [0.3, 0.4) is 0 Å². The first-order chi connectivity index (χ1) is 9.08. The zero-order valence-corrected chi connectivity index (χ0v) is 10.0. The lowest BCUT2D eigenvalue weighted by atomic mass is 10.3. The number of hydrogen-bond acceptors (Lipinski definition) is 4. The quantitative estimate of drug-likeness (QED) is 0.531. The van der Waals surface area contributed by atoms with E-state index in [1.54, 1.807) is 24.4 Å². The molecule has 0 unspecified atom stereocenters. The fraction of sp³-hybridized carbons (Fsp3) is 0.273. The number of aromatic nitrogens is 1. The van der Waals surface area contributed by atoms with Crippen molar-refractivity contribution in [2.45, 2.75) is 6.54 Å². The molecule has 0 bridgehead atoms. The van der Waals surface area contributed by atoms with Gasteiger partial charge in [-0.2, -0.15) is 0 Å². The van der Waals surface area contributed by atoms with Crippen LogP contribution in [0, 0.1) is 0 Å². The minimum Gasteiger partial charge on any atom is -0.480 e. The Bertz CT molecular complexity index is 449. The third-order valence-corrected chi connectivity index (χ3v) is 2.00. The van der Waals surface area contributed by atoms with Gasteiger partial charge in [-0.05, 0) is 12.1 Å². The van der Waals surface area contributed by atoms with Gasteiger partial charge >= 0.3 is 12.0 Å². The van der Waals surface area contributed by atoms with Crippen molar-refractivity contribution in [1.82, 2.24) is 20.9 Å². The minimum absolute atomic E-state index is 0.240. The van der Waals surface area contributed by atoms with Crippen molar-refractivity contribution in [3.05, 3.63) is 30.1 Å². The van der Waals surface area contributed by atoms with Crippen LogP contribution >= 0.6 is 0 Å². The molecule has 0 spiro atoms. The van der Waals surface area contributed by atoms with Gasteiger partial charge in [-0.15, -0.1) is 0 Å². The lowest BCUT2D eigenvalue weighted by Crippen LogP contribution is -2.42. The molecule has 0 aliphatic heterocycles. The Morgan fingerprint density at radius 2 is 1.89 bits per heavy atom. The van der Waals surface area contributed by atoms with Gasteiger partial charge in [0.05, 0.1) is 18.8 Å². The van der Waals surface area contributed by atoms with Crippen LogP contribution < -0.4 is 16.0 Å². The van der Waals surface area contributed by atoms with Gasteiger partial charge in [-0.1, -0.05) is 6.07 Å². The molecule has 0 aliphatic rings. The number of carbonyl (C=O) groups is 3. The van der Waals surface area contributed by atoms with Crippen molar-refractivity contribution in [2.75, 3.05) is 13.1 Å². The number of carboxylic acid groups (broad SMARTS) is 1. The second-order valence-electron chi connectivity index (χ2n) is 3.53. The van der Waals surface area contributed by atoms with E-state index < -0.39 is 24.5 Å². The molecule has 0 aromatic carbocycles. The van der Waals surface area contributed by atoms with E-state index >= 15 is 0 Å². The van der Waals surface area contributed by atoms with E-state index in [9.17, 15) is 14.4 Å². The number of carbonyl (C=O) groups excluding carboxylic acids is 2. The lowest BCUT2D eigenvalue weighted by Gasteiger charge is -2.07. The Balaban J connectivity index is 2.17. The molecule has 0 radical (unpaired) electrons. The second-order valence-corrected chi connectivity index (χ2v) is 3.53. The molecule has 0 aliphatic carbocycles. The molecule has 1 heterocycles. The molecule has 0 saturated carbocycles. The summed E-state index contributed by atoms with van der Waals surface area (Å²) in [5.41, 5.74) is 0.688. The molecule has 1 aromatic rings. The number of pyridine rings is 1. The number of carboxylic acids is 1. The predicted molar refractivity (Wildman–Crippen MR) is 65.1 cm³/mol. The number of nitrogens with one attached hydrogen (secondary N) is 3. The molecule has 0 saturated heterocycles. The van der Waals surface area contributed by atoms with Gasteiger partial charge in [0.15, 0.2) is 0 Å². The molecule has 3 amide bonds. The summed E-state index contributed by atoms with van der Waals surface area (Å²) in [6.07, 6.45) is 1.61. The van der Waals surface area contributed by atoms with Crippen LogP contribution in [0.4, 0.5) is 4.79 Å². The highest BCUT2D eigenvalue weighted by Crippen LogP contribution is 1.91. The highest BCUT2D eigenvalue weighted by Gasteiger charge is 2.06. The fourth-order valence-corrected chi connectivity index (χ4v) is 1.13. The Kier molecular flexibility index (Phi) is 5.80. The standard InChI is InChI=1S/C11H14N4O4/c16-9(13-7-10(17)18)6-15-11(19)14-5-8-3-1-2-4-12-8/h1-4H,5-7H2,(H,13,16)(H,17,18)(H2,14,15,19). The number of hydrogen-bond donors (Lipinski definition) is 4. The maximum absolute atomic E-state index is 11.3. The van der Waals surface area contributed by atoms with E-state index in [2.05, 4.69) is 20.9 Å². The van der Waals surface area contributed by atoms with Gasteiger partial charge in [0, 0.05) is 6.20 Å². The van der Waals surface area contributed by atoms with Crippen molar-refractivity contribution in [3.63, 3.8) is 0 Å². The van der Waals surface area contributed by atoms with Crippen LogP contribution in [0.15, 0.2) is 24.4 Å². The summed E-state index contributed by atoms with van der Waals surface area (Å²) in [6.45, 7) is -0.527. The maximum Gasteiger partial charge on any atom is 0.322 e. The monoisotopic (exact) mass is 266 g/mol. The van der Waals surface area contributed by atoms with Crippen LogP contribution in [0.2, 0.25) is 0 Å². The highest BCUT2D eigenvalue weighted by atomic mass is 16.4. The number of aliphatic carboxylic acids is 1. The minimum atomic E-state index is -1.15. The first kappa shape index (κ1) is 14.4. The van der Waals surface area contributed by atoms with Crippen LogP contribution in [-0.4, -0.2) is 41.1 Å². The molecule has 102 valence electrons. The van der Waals surface area contributed by atoms with Crippen molar-refractivity contribution < 1.29 is 19.5 Å². The van der Waals surface area contributed by atoms with Gasteiger partial charge in [-0.25, -0.2) is 4.79 Å². The third kappa shape index (κ3) is 6.61. The van der Waals surface area contributed by atoms with E-state index in [1.165, 1.54) is 0 Å². The van der Waals surface area contributed by atoms with Gasteiger partial charge < -0.3 is 21.1 Å². The molecule has 1 rings (SSSR count). The van der Waals surface area contributed by atoms with Gasteiger partial charge in [0.1, 0.15) is 6.54 Å². The summed E-state index contributed by atoms with van der Waals surface area (Å²) >= 11 is 0. The third-order valence-electron chi connectivity index (χ3n) is 2.00. The van der Waals surface area contributed by atoms with E-state index in [-0.39, 0.29) is 13.1 Å². The molecule has 0 atom stereocenters. The molecule has 19 heavy (non-hydrogen) atoms. The Morgan fingerprint density at radius 1 is 1.11 bits per heavy atom. The number of amides is 3. The average Bonchev–Trinajstić information content (AvgIpc) is 2.41. The molecule has 8 heteroatoms. The smallest absolute Gasteiger partial charge is 0.322 e. The first-order valence-electron chi connectivity index (χ1n) is 5.48. The Labute approximate surface area is 109 Å². The fourth-order valence-electron chi connectivity index (χ4n) is 1.13. The van der Waals surface area contributed by atoms with E-state index in [0.717, 1.165) is 0 Å². The maximum atomic E-state index is 11.3. The molecule has 0 fully saturated rings. The number of urea groups is 1. The average molecular weight is 266 g/mol. The largest absolute Gasteiger partial charge is 0.480 e. The zero-order chi connectivity index (χ0) is 14.1. The summed E-state index contributed by atoms with van der Waals surface area (Å²) < 4.78 is 0. The second kappa shape index (κ2) is 7.64. The number of nitrogens with zero attached hydrogens (tertiary/aromatic N) is 1. The van der Waals surface area contributed by atoms with Gasteiger partial charge in [-0.3, -0.25) is 14.6 Å². The van der Waals surface area contributed by atoms with Crippen molar-refractivity contribution in [2.24, 2.45) is 0 Å². The van der Waals surface area contributed by atoms with E-state index in [0.29, 0.717) is 5.69 Å².